The van der Waals surface area contributed by atoms with Gasteiger partial charge in [0.2, 0.25) is 0 Å². The summed E-state index contributed by atoms with van der Waals surface area (Å²) >= 11 is 2.04. The van der Waals surface area contributed by atoms with Gasteiger partial charge < -0.3 is 5.32 Å². The van der Waals surface area contributed by atoms with Gasteiger partial charge in [-0.25, -0.2) is 0 Å². The molecule has 2 nitrogen and oxygen atoms in total. The van der Waals surface area contributed by atoms with E-state index in [2.05, 4.69) is 31.1 Å². The molecule has 90 valence electrons. The number of nitrogens with one attached hydrogen (secondary N) is 1. The van der Waals surface area contributed by atoms with Crippen LogP contribution in [0.3, 0.4) is 0 Å². The number of hydrogen-bond acceptors (Lipinski definition) is 3. The van der Waals surface area contributed by atoms with Crippen LogP contribution in [0.15, 0.2) is 0 Å². The molecule has 0 aromatic carbocycles. The van der Waals surface area contributed by atoms with E-state index in [0.717, 1.165) is 12.6 Å². The van der Waals surface area contributed by atoms with Gasteiger partial charge in [-0.2, -0.15) is 11.8 Å². The molecule has 0 spiro atoms. The summed E-state index contributed by atoms with van der Waals surface area (Å²) in [5, 5.41) is 3.55. The van der Waals surface area contributed by atoms with Gasteiger partial charge in [0.05, 0.1) is 0 Å². The van der Waals surface area contributed by atoms with Gasteiger partial charge >= 0.3 is 0 Å². The lowest BCUT2D eigenvalue weighted by molar-refractivity contribution is 0.241. The molecule has 1 N–H and O–H groups in total. The molecule has 0 aliphatic heterocycles. The third kappa shape index (κ3) is 5.79. The van der Waals surface area contributed by atoms with Gasteiger partial charge in [-0.3, -0.25) is 4.90 Å². The Labute approximate surface area is 99.2 Å². The van der Waals surface area contributed by atoms with Crippen molar-refractivity contribution in [1.82, 2.24) is 10.2 Å². The zero-order chi connectivity index (χ0) is 11.1. The highest BCUT2D eigenvalue weighted by Gasteiger charge is 2.28. The van der Waals surface area contributed by atoms with Gasteiger partial charge in [-0.05, 0) is 51.3 Å². The van der Waals surface area contributed by atoms with E-state index in [1.165, 1.54) is 37.3 Å². The molecule has 1 aliphatic rings. The van der Waals surface area contributed by atoms with Crippen LogP contribution >= 0.6 is 11.8 Å². The summed E-state index contributed by atoms with van der Waals surface area (Å²) < 4.78 is 0. The van der Waals surface area contributed by atoms with Crippen LogP contribution in [0.2, 0.25) is 0 Å². The standard InChI is InChI=1S/C12H26N2S/c1-4-15-9-5-8-13-10-11(2)14(3)12-6-7-12/h11-13H,4-10H2,1-3H3. The Morgan fingerprint density at radius 2 is 2.20 bits per heavy atom. The highest BCUT2D eigenvalue weighted by molar-refractivity contribution is 7.99. The summed E-state index contributed by atoms with van der Waals surface area (Å²) in [6.45, 7) is 6.87. The topological polar surface area (TPSA) is 15.3 Å². The lowest BCUT2D eigenvalue weighted by Gasteiger charge is -2.24. The number of hydrogen-bond donors (Lipinski definition) is 1. The number of rotatable bonds is 9. The smallest absolute Gasteiger partial charge is 0.0192 e. The van der Waals surface area contributed by atoms with Gasteiger partial charge in [-0.1, -0.05) is 6.92 Å². The number of thioether (sulfide) groups is 1. The first-order valence-corrected chi connectivity index (χ1v) is 7.41. The van der Waals surface area contributed by atoms with E-state index in [1.54, 1.807) is 0 Å². The fraction of sp³-hybridized carbons (Fsp3) is 1.00. The van der Waals surface area contributed by atoms with Crippen LogP contribution in [0.25, 0.3) is 0 Å². The molecule has 1 unspecified atom stereocenters. The van der Waals surface area contributed by atoms with E-state index in [-0.39, 0.29) is 0 Å². The van der Waals surface area contributed by atoms with Crippen molar-refractivity contribution in [3.05, 3.63) is 0 Å². The lowest BCUT2D eigenvalue weighted by atomic mass is 10.3. The van der Waals surface area contributed by atoms with E-state index < -0.39 is 0 Å². The Bertz CT molecular complexity index is 160. The SMILES string of the molecule is CCSCCCNCC(C)N(C)C1CC1. The molecule has 1 atom stereocenters. The van der Waals surface area contributed by atoms with Crippen molar-refractivity contribution in [2.24, 2.45) is 0 Å². The molecular formula is C12H26N2S. The Balaban J connectivity index is 1.89. The van der Waals surface area contributed by atoms with Crippen LogP contribution in [-0.4, -0.2) is 48.6 Å². The van der Waals surface area contributed by atoms with Crippen molar-refractivity contribution >= 4 is 11.8 Å². The lowest BCUT2D eigenvalue weighted by Crippen LogP contribution is -2.39. The van der Waals surface area contributed by atoms with E-state index in [4.69, 9.17) is 0 Å². The molecule has 1 fully saturated rings. The predicted octanol–water partition coefficient (Wildman–Crippen LogP) is 2.20. The zero-order valence-electron chi connectivity index (χ0n) is 10.5. The second-order valence-electron chi connectivity index (χ2n) is 4.50. The Morgan fingerprint density at radius 3 is 2.80 bits per heavy atom. The molecule has 0 aromatic heterocycles. The Kier molecular flexibility index (Phi) is 6.69. The van der Waals surface area contributed by atoms with Gasteiger partial charge in [0.15, 0.2) is 0 Å². The second kappa shape index (κ2) is 7.53. The number of nitrogens with zero attached hydrogens (tertiary/aromatic N) is 1. The highest BCUT2D eigenvalue weighted by Crippen LogP contribution is 2.26. The first kappa shape index (κ1) is 13.3. The fourth-order valence-electron chi connectivity index (χ4n) is 1.74. The van der Waals surface area contributed by atoms with E-state index in [0.29, 0.717) is 6.04 Å². The number of likely N-dealkylation sites (N-methyl/N-ethyl adjacent to an activating group) is 1. The maximum atomic E-state index is 3.55. The minimum atomic E-state index is 0.691. The average Bonchev–Trinajstić information content (AvgIpc) is 3.05. The molecule has 0 saturated heterocycles. The minimum Gasteiger partial charge on any atom is -0.315 e. The van der Waals surface area contributed by atoms with Crippen molar-refractivity contribution in [1.29, 1.82) is 0 Å². The van der Waals surface area contributed by atoms with Crippen LogP contribution in [0.1, 0.15) is 33.1 Å². The normalized spacial score (nSPS) is 18.4. The third-order valence-corrected chi connectivity index (χ3v) is 4.09. The van der Waals surface area contributed by atoms with Crippen LogP contribution in [0.4, 0.5) is 0 Å². The highest BCUT2D eigenvalue weighted by atomic mass is 32.2. The van der Waals surface area contributed by atoms with Crippen molar-refractivity contribution in [2.75, 3.05) is 31.6 Å². The second-order valence-corrected chi connectivity index (χ2v) is 5.89. The molecule has 0 radical (unpaired) electrons. The fourth-order valence-corrected chi connectivity index (χ4v) is 2.38. The molecule has 0 amide bonds. The van der Waals surface area contributed by atoms with E-state index in [1.807, 2.05) is 11.8 Å². The molecule has 1 rings (SSSR count). The average molecular weight is 230 g/mol. The molecular weight excluding hydrogens is 204 g/mol. The van der Waals surface area contributed by atoms with Crippen LogP contribution in [0, 0.1) is 0 Å². The third-order valence-electron chi connectivity index (χ3n) is 3.10. The molecule has 15 heavy (non-hydrogen) atoms. The summed E-state index contributed by atoms with van der Waals surface area (Å²) in [5.41, 5.74) is 0. The summed E-state index contributed by atoms with van der Waals surface area (Å²) in [7, 11) is 2.26. The van der Waals surface area contributed by atoms with E-state index in [9.17, 15) is 0 Å². The maximum absolute atomic E-state index is 3.55. The predicted molar refractivity (Wildman–Crippen MR) is 70.7 cm³/mol. The van der Waals surface area contributed by atoms with Gasteiger partial charge in [0, 0.05) is 18.6 Å². The van der Waals surface area contributed by atoms with E-state index >= 15 is 0 Å². The van der Waals surface area contributed by atoms with Gasteiger partial charge in [0.1, 0.15) is 0 Å². The maximum Gasteiger partial charge on any atom is 0.0192 e. The minimum absolute atomic E-state index is 0.691. The summed E-state index contributed by atoms with van der Waals surface area (Å²) in [6.07, 6.45) is 4.13. The monoisotopic (exact) mass is 230 g/mol. The zero-order valence-corrected chi connectivity index (χ0v) is 11.3. The first-order chi connectivity index (χ1) is 7.25. The van der Waals surface area contributed by atoms with Crippen LogP contribution in [0.5, 0.6) is 0 Å². The Hall–Kier alpha value is 0.270. The van der Waals surface area contributed by atoms with Crippen LogP contribution < -0.4 is 5.32 Å². The van der Waals surface area contributed by atoms with Gasteiger partial charge in [0.25, 0.3) is 0 Å². The van der Waals surface area contributed by atoms with Crippen molar-refractivity contribution in [2.45, 2.75) is 45.2 Å². The summed E-state index contributed by atoms with van der Waals surface area (Å²) in [6, 6.07) is 1.58. The molecule has 1 aliphatic carbocycles. The summed E-state index contributed by atoms with van der Waals surface area (Å²) in [5.74, 6) is 2.55. The van der Waals surface area contributed by atoms with Crippen molar-refractivity contribution in [3.8, 4) is 0 Å². The molecule has 1 saturated carbocycles. The molecule has 0 heterocycles. The summed E-state index contributed by atoms with van der Waals surface area (Å²) in [4.78, 5) is 2.52. The van der Waals surface area contributed by atoms with Gasteiger partial charge in [-0.15, -0.1) is 0 Å². The Morgan fingerprint density at radius 1 is 1.47 bits per heavy atom. The van der Waals surface area contributed by atoms with Crippen molar-refractivity contribution < 1.29 is 0 Å². The van der Waals surface area contributed by atoms with Crippen molar-refractivity contribution in [3.63, 3.8) is 0 Å². The molecule has 0 bridgehead atoms. The first-order valence-electron chi connectivity index (χ1n) is 6.26. The quantitative estimate of drug-likeness (QED) is 0.611. The largest absolute Gasteiger partial charge is 0.315 e. The van der Waals surface area contributed by atoms with Crippen LogP contribution in [-0.2, 0) is 0 Å². The molecule has 0 aromatic rings. The molecule has 3 heteroatoms.